The van der Waals surface area contributed by atoms with E-state index in [1.165, 1.54) is 19.3 Å². The van der Waals surface area contributed by atoms with E-state index in [9.17, 15) is 4.79 Å². The molecule has 0 spiro atoms. The molecule has 0 bridgehead atoms. The van der Waals surface area contributed by atoms with Gasteiger partial charge in [-0.05, 0) is 66.3 Å². The molecule has 1 atom stereocenters. The molecular formula is C16H32N2O2. The third-order valence-corrected chi connectivity index (χ3v) is 3.89. The van der Waals surface area contributed by atoms with Crippen LogP contribution in [0.15, 0.2) is 0 Å². The maximum absolute atomic E-state index is 12.3. The third kappa shape index (κ3) is 5.31. The lowest BCUT2D eigenvalue weighted by molar-refractivity contribution is 0.0131. The van der Waals surface area contributed by atoms with Gasteiger partial charge in [-0.1, -0.05) is 12.8 Å². The summed E-state index contributed by atoms with van der Waals surface area (Å²) in [6.07, 6.45) is 5.58. The number of rotatable bonds is 5. The SMILES string of the molecule is CC(C)(C)OC(=O)N1C[C@@H](CCCCCN)CC1(C)C. The summed E-state index contributed by atoms with van der Waals surface area (Å²) >= 11 is 0. The average molecular weight is 284 g/mol. The topological polar surface area (TPSA) is 55.6 Å². The molecule has 0 aromatic rings. The van der Waals surface area contributed by atoms with Crippen LogP contribution in [0.4, 0.5) is 4.79 Å². The van der Waals surface area contributed by atoms with Gasteiger partial charge in [0, 0.05) is 12.1 Å². The van der Waals surface area contributed by atoms with Gasteiger partial charge in [-0.3, -0.25) is 0 Å². The fourth-order valence-electron chi connectivity index (χ4n) is 2.97. The highest BCUT2D eigenvalue weighted by Crippen LogP contribution is 2.36. The zero-order valence-electron chi connectivity index (χ0n) is 13.9. The van der Waals surface area contributed by atoms with Crippen molar-refractivity contribution in [3.05, 3.63) is 0 Å². The van der Waals surface area contributed by atoms with Crippen molar-refractivity contribution >= 4 is 6.09 Å². The number of amides is 1. The van der Waals surface area contributed by atoms with E-state index in [0.717, 1.165) is 25.9 Å². The maximum atomic E-state index is 12.3. The lowest BCUT2D eigenvalue weighted by atomic mass is 9.93. The van der Waals surface area contributed by atoms with Gasteiger partial charge in [0.1, 0.15) is 5.60 Å². The van der Waals surface area contributed by atoms with Gasteiger partial charge in [0.05, 0.1) is 0 Å². The van der Waals surface area contributed by atoms with E-state index in [2.05, 4.69) is 13.8 Å². The Balaban J connectivity index is 2.50. The van der Waals surface area contributed by atoms with Crippen molar-refractivity contribution in [3.8, 4) is 0 Å². The van der Waals surface area contributed by atoms with Crippen LogP contribution in [-0.4, -0.2) is 35.2 Å². The third-order valence-electron chi connectivity index (χ3n) is 3.89. The molecule has 1 rings (SSSR count). The molecule has 4 nitrogen and oxygen atoms in total. The molecule has 1 heterocycles. The molecule has 0 saturated carbocycles. The van der Waals surface area contributed by atoms with E-state index in [-0.39, 0.29) is 11.6 Å². The van der Waals surface area contributed by atoms with Crippen LogP contribution in [0.25, 0.3) is 0 Å². The molecule has 1 aliphatic heterocycles. The average Bonchev–Trinajstić information content (AvgIpc) is 2.58. The Bertz CT molecular complexity index is 321. The van der Waals surface area contributed by atoms with Crippen LogP contribution in [0, 0.1) is 5.92 Å². The van der Waals surface area contributed by atoms with Crippen LogP contribution in [0.2, 0.25) is 0 Å². The summed E-state index contributed by atoms with van der Waals surface area (Å²) in [5.74, 6) is 0.593. The Morgan fingerprint density at radius 3 is 2.50 bits per heavy atom. The zero-order chi connectivity index (χ0) is 15.4. The summed E-state index contributed by atoms with van der Waals surface area (Å²) < 4.78 is 5.52. The van der Waals surface area contributed by atoms with E-state index in [1.807, 2.05) is 25.7 Å². The first-order valence-corrected chi connectivity index (χ1v) is 7.86. The summed E-state index contributed by atoms with van der Waals surface area (Å²) in [6.45, 7) is 11.6. The highest BCUT2D eigenvalue weighted by atomic mass is 16.6. The van der Waals surface area contributed by atoms with Gasteiger partial charge >= 0.3 is 6.09 Å². The normalized spacial score (nSPS) is 22.1. The predicted molar refractivity (Wildman–Crippen MR) is 82.6 cm³/mol. The van der Waals surface area contributed by atoms with Crippen LogP contribution in [0.3, 0.4) is 0 Å². The van der Waals surface area contributed by atoms with Crippen molar-refractivity contribution in [2.45, 2.75) is 77.9 Å². The first-order valence-electron chi connectivity index (χ1n) is 7.86. The number of nitrogens with two attached hydrogens (primary N) is 1. The van der Waals surface area contributed by atoms with Crippen LogP contribution in [-0.2, 0) is 4.74 Å². The van der Waals surface area contributed by atoms with Crippen molar-refractivity contribution in [1.29, 1.82) is 0 Å². The molecule has 0 aromatic heterocycles. The standard InChI is InChI=1S/C16H32N2O2/c1-15(2,3)20-14(19)18-12-13(11-16(18,4)5)9-7-6-8-10-17/h13H,6-12,17H2,1-5H3/t13-/m0/s1. The van der Waals surface area contributed by atoms with Crippen LogP contribution in [0.5, 0.6) is 0 Å². The summed E-state index contributed by atoms with van der Waals surface area (Å²) in [5, 5.41) is 0. The van der Waals surface area contributed by atoms with E-state index in [4.69, 9.17) is 10.5 Å². The molecule has 0 unspecified atom stereocenters. The monoisotopic (exact) mass is 284 g/mol. The van der Waals surface area contributed by atoms with Crippen molar-refractivity contribution in [2.24, 2.45) is 11.7 Å². The van der Waals surface area contributed by atoms with Gasteiger partial charge in [-0.15, -0.1) is 0 Å². The number of carbonyl (C=O) groups excluding carboxylic acids is 1. The fraction of sp³-hybridized carbons (Fsp3) is 0.938. The summed E-state index contributed by atoms with van der Waals surface area (Å²) in [6, 6.07) is 0. The largest absolute Gasteiger partial charge is 0.444 e. The molecule has 1 fully saturated rings. The Kier molecular flexibility index (Phi) is 5.87. The van der Waals surface area contributed by atoms with Crippen molar-refractivity contribution in [2.75, 3.05) is 13.1 Å². The number of likely N-dealkylation sites (tertiary alicyclic amines) is 1. The molecular weight excluding hydrogens is 252 g/mol. The van der Waals surface area contributed by atoms with Crippen molar-refractivity contribution in [3.63, 3.8) is 0 Å². The predicted octanol–water partition coefficient (Wildman–Crippen LogP) is 3.54. The Labute approximate surface area is 124 Å². The molecule has 2 N–H and O–H groups in total. The molecule has 118 valence electrons. The Morgan fingerprint density at radius 2 is 1.95 bits per heavy atom. The second-order valence-electron chi connectivity index (χ2n) is 7.61. The van der Waals surface area contributed by atoms with E-state index < -0.39 is 5.60 Å². The molecule has 0 aliphatic carbocycles. The minimum Gasteiger partial charge on any atom is -0.444 e. The molecule has 1 aliphatic rings. The lowest BCUT2D eigenvalue weighted by Crippen LogP contribution is -2.45. The first kappa shape index (κ1) is 17.3. The Hall–Kier alpha value is -0.770. The van der Waals surface area contributed by atoms with Crippen molar-refractivity contribution in [1.82, 2.24) is 4.90 Å². The minimum atomic E-state index is -0.424. The van der Waals surface area contributed by atoms with Crippen LogP contribution in [0.1, 0.15) is 66.7 Å². The quantitative estimate of drug-likeness (QED) is 0.786. The van der Waals surface area contributed by atoms with Gasteiger partial charge in [0.2, 0.25) is 0 Å². The minimum absolute atomic E-state index is 0.0964. The molecule has 0 aromatic carbocycles. The smallest absolute Gasteiger partial charge is 0.410 e. The number of nitrogens with zero attached hydrogens (tertiary/aromatic N) is 1. The number of hydrogen-bond donors (Lipinski definition) is 1. The summed E-state index contributed by atoms with van der Waals surface area (Å²) in [7, 11) is 0. The highest BCUT2D eigenvalue weighted by Gasteiger charge is 2.42. The summed E-state index contributed by atoms with van der Waals surface area (Å²) in [4.78, 5) is 14.2. The molecule has 4 heteroatoms. The first-order chi connectivity index (χ1) is 9.15. The number of hydrogen-bond acceptors (Lipinski definition) is 3. The Morgan fingerprint density at radius 1 is 1.30 bits per heavy atom. The van der Waals surface area contributed by atoms with E-state index in [0.29, 0.717) is 5.92 Å². The molecule has 1 saturated heterocycles. The number of unbranched alkanes of at least 4 members (excludes halogenated alkanes) is 2. The van der Waals surface area contributed by atoms with E-state index >= 15 is 0 Å². The number of ether oxygens (including phenoxy) is 1. The van der Waals surface area contributed by atoms with Crippen LogP contribution >= 0.6 is 0 Å². The highest BCUT2D eigenvalue weighted by molar-refractivity contribution is 5.69. The van der Waals surface area contributed by atoms with Gasteiger partial charge in [-0.2, -0.15) is 0 Å². The van der Waals surface area contributed by atoms with Gasteiger partial charge in [0.15, 0.2) is 0 Å². The zero-order valence-corrected chi connectivity index (χ0v) is 13.9. The molecule has 20 heavy (non-hydrogen) atoms. The van der Waals surface area contributed by atoms with Gasteiger partial charge < -0.3 is 15.4 Å². The number of carbonyl (C=O) groups is 1. The second kappa shape index (κ2) is 6.79. The van der Waals surface area contributed by atoms with Crippen molar-refractivity contribution < 1.29 is 9.53 Å². The molecule has 0 radical (unpaired) electrons. The van der Waals surface area contributed by atoms with Gasteiger partial charge in [0.25, 0.3) is 0 Å². The van der Waals surface area contributed by atoms with Crippen LogP contribution < -0.4 is 5.73 Å². The summed E-state index contributed by atoms with van der Waals surface area (Å²) in [5.41, 5.74) is 5.00. The van der Waals surface area contributed by atoms with E-state index in [1.54, 1.807) is 0 Å². The maximum Gasteiger partial charge on any atom is 0.410 e. The molecule has 1 amide bonds. The lowest BCUT2D eigenvalue weighted by Gasteiger charge is -2.33. The fourth-order valence-corrected chi connectivity index (χ4v) is 2.97. The second-order valence-corrected chi connectivity index (χ2v) is 7.61. The van der Waals surface area contributed by atoms with Gasteiger partial charge in [-0.25, -0.2) is 4.79 Å².